The molecule has 0 amide bonds. The molecule has 1 aliphatic heterocycles. The molecular formula is C11H15BrN2. The average Bonchev–Trinajstić information content (AvgIpc) is 2.59. The smallest absolute Gasteiger partial charge is 0.0376 e. The lowest BCUT2D eigenvalue weighted by Crippen LogP contribution is -2.30. The van der Waals surface area contributed by atoms with Crippen molar-refractivity contribution in [2.24, 2.45) is 11.7 Å². The number of anilines is 1. The fraction of sp³-hybridized carbons (Fsp3) is 0.455. The van der Waals surface area contributed by atoms with Crippen LogP contribution in [0.4, 0.5) is 5.69 Å². The van der Waals surface area contributed by atoms with Gasteiger partial charge in [0.25, 0.3) is 0 Å². The summed E-state index contributed by atoms with van der Waals surface area (Å²) in [6.07, 6.45) is 1.09. The van der Waals surface area contributed by atoms with Crippen molar-refractivity contribution in [2.45, 2.75) is 19.4 Å². The molecule has 0 fully saturated rings. The second-order valence-electron chi connectivity index (χ2n) is 3.97. The normalized spacial score (nSPS) is 21.5. The summed E-state index contributed by atoms with van der Waals surface area (Å²) in [5.74, 6) is 0.529. The van der Waals surface area contributed by atoms with Crippen molar-refractivity contribution in [3.8, 4) is 0 Å². The molecule has 3 heteroatoms. The molecule has 0 spiro atoms. The number of halogens is 1. The number of rotatable bonds is 2. The summed E-state index contributed by atoms with van der Waals surface area (Å²) in [6.45, 7) is 2.94. The van der Waals surface area contributed by atoms with Crippen LogP contribution in [0.3, 0.4) is 0 Å². The minimum Gasteiger partial charge on any atom is -0.381 e. The second kappa shape index (κ2) is 3.91. The molecule has 1 aromatic carbocycles. The van der Waals surface area contributed by atoms with Gasteiger partial charge in [-0.3, -0.25) is 0 Å². The molecule has 14 heavy (non-hydrogen) atoms. The van der Waals surface area contributed by atoms with Crippen LogP contribution in [-0.2, 0) is 6.42 Å². The van der Waals surface area contributed by atoms with Gasteiger partial charge < -0.3 is 11.1 Å². The van der Waals surface area contributed by atoms with Gasteiger partial charge in [-0.15, -0.1) is 0 Å². The number of hydrogen-bond acceptors (Lipinski definition) is 2. The summed E-state index contributed by atoms with van der Waals surface area (Å²) < 4.78 is 1.15. The van der Waals surface area contributed by atoms with Crippen LogP contribution < -0.4 is 11.1 Å². The molecule has 2 unspecified atom stereocenters. The average molecular weight is 255 g/mol. The molecule has 3 N–H and O–H groups in total. The lowest BCUT2D eigenvalue weighted by molar-refractivity contribution is 0.503. The summed E-state index contributed by atoms with van der Waals surface area (Å²) >= 11 is 3.49. The summed E-state index contributed by atoms with van der Waals surface area (Å²) in [5.41, 5.74) is 8.32. The fourth-order valence-corrected chi connectivity index (χ4v) is 2.28. The van der Waals surface area contributed by atoms with E-state index in [1.54, 1.807) is 0 Å². The van der Waals surface area contributed by atoms with Crippen molar-refractivity contribution in [1.82, 2.24) is 0 Å². The minimum atomic E-state index is 0.504. The molecule has 1 heterocycles. The van der Waals surface area contributed by atoms with Crippen LogP contribution in [0, 0.1) is 5.92 Å². The lowest BCUT2D eigenvalue weighted by Gasteiger charge is -2.17. The Balaban J connectivity index is 2.17. The standard InChI is InChI=1S/C11H15BrN2/c1-7(6-13)11-5-8-4-9(12)2-3-10(8)14-11/h2-4,7,11,14H,5-6,13H2,1H3. The molecule has 0 bridgehead atoms. The molecule has 0 aromatic heterocycles. The summed E-state index contributed by atoms with van der Waals surface area (Å²) in [5, 5.41) is 3.51. The maximum Gasteiger partial charge on any atom is 0.0376 e. The van der Waals surface area contributed by atoms with Crippen molar-refractivity contribution >= 4 is 21.6 Å². The van der Waals surface area contributed by atoms with Gasteiger partial charge in [-0.2, -0.15) is 0 Å². The van der Waals surface area contributed by atoms with Crippen LogP contribution in [0.5, 0.6) is 0 Å². The number of hydrogen-bond donors (Lipinski definition) is 2. The van der Waals surface area contributed by atoms with Gasteiger partial charge in [0.05, 0.1) is 0 Å². The third-order valence-corrected chi connectivity index (χ3v) is 3.40. The molecule has 0 saturated heterocycles. The first-order chi connectivity index (χ1) is 6.70. The van der Waals surface area contributed by atoms with E-state index >= 15 is 0 Å². The molecule has 1 aliphatic rings. The van der Waals surface area contributed by atoms with Crippen molar-refractivity contribution in [3.05, 3.63) is 28.2 Å². The predicted molar refractivity (Wildman–Crippen MR) is 63.5 cm³/mol. The maximum absolute atomic E-state index is 5.67. The highest BCUT2D eigenvalue weighted by Crippen LogP contribution is 2.30. The quantitative estimate of drug-likeness (QED) is 0.851. The highest BCUT2D eigenvalue weighted by atomic mass is 79.9. The fourth-order valence-electron chi connectivity index (χ4n) is 1.87. The molecule has 0 saturated carbocycles. The first-order valence-corrected chi connectivity index (χ1v) is 5.75. The Hall–Kier alpha value is -0.540. The zero-order chi connectivity index (χ0) is 10.1. The summed E-state index contributed by atoms with van der Waals surface area (Å²) in [4.78, 5) is 0. The van der Waals surface area contributed by atoms with Crippen molar-refractivity contribution < 1.29 is 0 Å². The van der Waals surface area contributed by atoms with Crippen LogP contribution in [0.15, 0.2) is 22.7 Å². The number of nitrogens with one attached hydrogen (secondary N) is 1. The molecule has 76 valence electrons. The SMILES string of the molecule is CC(CN)C1Cc2cc(Br)ccc2N1. The van der Waals surface area contributed by atoms with Gasteiger partial charge in [0.1, 0.15) is 0 Å². The van der Waals surface area contributed by atoms with Gasteiger partial charge in [-0.1, -0.05) is 22.9 Å². The van der Waals surface area contributed by atoms with E-state index in [0.717, 1.165) is 17.4 Å². The number of fused-ring (bicyclic) bond motifs is 1. The van der Waals surface area contributed by atoms with Gasteiger partial charge >= 0.3 is 0 Å². The van der Waals surface area contributed by atoms with Gasteiger partial charge in [0, 0.05) is 16.2 Å². The Morgan fingerprint density at radius 1 is 1.64 bits per heavy atom. The van der Waals surface area contributed by atoms with E-state index in [0.29, 0.717) is 12.0 Å². The Morgan fingerprint density at radius 2 is 2.43 bits per heavy atom. The van der Waals surface area contributed by atoms with Gasteiger partial charge in [-0.05, 0) is 42.6 Å². The Labute approximate surface area is 93.0 Å². The van der Waals surface area contributed by atoms with E-state index in [2.05, 4.69) is 46.4 Å². The van der Waals surface area contributed by atoms with Crippen LogP contribution in [0.1, 0.15) is 12.5 Å². The molecule has 1 aromatic rings. The maximum atomic E-state index is 5.67. The second-order valence-corrected chi connectivity index (χ2v) is 4.89. The summed E-state index contributed by atoms with van der Waals surface area (Å²) in [6, 6.07) is 6.89. The van der Waals surface area contributed by atoms with E-state index in [4.69, 9.17) is 5.73 Å². The Kier molecular flexibility index (Phi) is 2.79. The van der Waals surface area contributed by atoms with E-state index < -0.39 is 0 Å². The third-order valence-electron chi connectivity index (χ3n) is 2.91. The number of benzene rings is 1. The summed E-state index contributed by atoms with van der Waals surface area (Å²) in [7, 11) is 0. The van der Waals surface area contributed by atoms with Gasteiger partial charge in [0.15, 0.2) is 0 Å². The Morgan fingerprint density at radius 3 is 3.14 bits per heavy atom. The molecule has 2 rings (SSSR count). The van der Waals surface area contributed by atoms with Gasteiger partial charge in [0.2, 0.25) is 0 Å². The molecule has 2 nitrogen and oxygen atoms in total. The zero-order valence-electron chi connectivity index (χ0n) is 8.26. The molecular weight excluding hydrogens is 240 g/mol. The first kappa shape index (κ1) is 9.99. The lowest BCUT2D eigenvalue weighted by atomic mass is 9.99. The van der Waals surface area contributed by atoms with E-state index in [1.165, 1.54) is 11.3 Å². The monoisotopic (exact) mass is 254 g/mol. The van der Waals surface area contributed by atoms with E-state index in [-0.39, 0.29) is 0 Å². The van der Waals surface area contributed by atoms with Crippen LogP contribution in [0.2, 0.25) is 0 Å². The van der Waals surface area contributed by atoms with Crippen molar-refractivity contribution in [3.63, 3.8) is 0 Å². The molecule has 2 atom stereocenters. The zero-order valence-corrected chi connectivity index (χ0v) is 9.84. The van der Waals surface area contributed by atoms with Crippen LogP contribution in [0.25, 0.3) is 0 Å². The third kappa shape index (κ3) is 1.79. The topological polar surface area (TPSA) is 38.0 Å². The highest BCUT2D eigenvalue weighted by Gasteiger charge is 2.24. The Bertz CT molecular complexity index is 338. The van der Waals surface area contributed by atoms with Crippen molar-refractivity contribution in [1.29, 1.82) is 0 Å². The van der Waals surface area contributed by atoms with E-state index in [9.17, 15) is 0 Å². The minimum absolute atomic E-state index is 0.504. The van der Waals surface area contributed by atoms with Crippen molar-refractivity contribution in [2.75, 3.05) is 11.9 Å². The first-order valence-electron chi connectivity index (χ1n) is 4.95. The largest absolute Gasteiger partial charge is 0.381 e. The van der Waals surface area contributed by atoms with Crippen LogP contribution >= 0.6 is 15.9 Å². The number of nitrogens with two attached hydrogens (primary N) is 1. The molecule has 0 radical (unpaired) electrons. The predicted octanol–water partition coefficient (Wildman–Crippen LogP) is 2.38. The van der Waals surface area contributed by atoms with Crippen LogP contribution in [-0.4, -0.2) is 12.6 Å². The van der Waals surface area contributed by atoms with Gasteiger partial charge in [-0.25, -0.2) is 0 Å². The van der Waals surface area contributed by atoms with E-state index in [1.807, 2.05) is 0 Å². The molecule has 0 aliphatic carbocycles. The highest BCUT2D eigenvalue weighted by molar-refractivity contribution is 9.10.